The largest absolute Gasteiger partial charge is 0.472 e. The van der Waals surface area contributed by atoms with Gasteiger partial charge in [-0.2, -0.15) is 0 Å². The fourth-order valence-electron chi connectivity index (χ4n) is 11.3. The molecule has 0 aliphatic heterocycles. The molecular weight excluding hydrogens is 1220 g/mol. The zero-order valence-corrected chi connectivity index (χ0v) is 62.3. The number of ether oxygens (including phenoxy) is 4. The molecule has 0 radical (unpaired) electrons. The Hall–Kier alpha value is -1.94. The summed E-state index contributed by atoms with van der Waals surface area (Å²) in [5.74, 6) is -0.532. The van der Waals surface area contributed by atoms with Crippen LogP contribution in [0, 0.1) is 11.8 Å². The number of carbonyl (C=O) groups is 4. The first kappa shape index (κ1) is 91.1. The average Bonchev–Trinajstić information content (AvgIpc) is 2.63. The highest BCUT2D eigenvalue weighted by Gasteiger charge is 2.30. The maximum atomic E-state index is 13.1. The molecule has 552 valence electrons. The summed E-state index contributed by atoms with van der Waals surface area (Å²) in [5.41, 5.74) is 0. The van der Waals surface area contributed by atoms with Crippen LogP contribution in [0.2, 0.25) is 0 Å². The van der Waals surface area contributed by atoms with Gasteiger partial charge in [-0.05, 0) is 37.5 Å². The number of phosphoric ester groups is 2. The van der Waals surface area contributed by atoms with Crippen molar-refractivity contribution in [1.82, 2.24) is 0 Å². The highest BCUT2D eigenvalue weighted by atomic mass is 31.2. The van der Waals surface area contributed by atoms with Crippen molar-refractivity contribution in [1.29, 1.82) is 0 Å². The van der Waals surface area contributed by atoms with E-state index in [0.29, 0.717) is 25.7 Å². The van der Waals surface area contributed by atoms with Gasteiger partial charge in [0.25, 0.3) is 0 Å². The van der Waals surface area contributed by atoms with Crippen molar-refractivity contribution < 1.29 is 80.2 Å². The zero-order chi connectivity index (χ0) is 68.6. The van der Waals surface area contributed by atoms with Crippen molar-refractivity contribution in [3.05, 3.63) is 0 Å². The predicted molar refractivity (Wildman–Crippen MR) is 377 cm³/mol. The van der Waals surface area contributed by atoms with E-state index in [2.05, 4.69) is 41.5 Å². The topological polar surface area (TPSA) is 237 Å². The summed E-state index contributed by atoms with van der Waals surface area (Å²) in [6, 6.07) is 0. The highest BCUT2D eigenvalue weighted by molar-refractivity contribution is 7.47. The standard InChI is InChI=1S/C74H144O17P2/c1-7-10-12-14-16-17-18-19-20-21-24-27-33-39-45-51-57-72(77)85-63-70(91-73(78)58-52-46-40-34-28-25-22-23-26-31-37-42-48-54-66(4)5)65-89-93(82,83)87-61-68(75)60-86-92(80,81)88-64-69(62-84-71(76)56-50-44-36-15-13-11-8-2)90-74(79)59-53-47-41-35-30-29-32-38-43-49-55-67(6)9-3/h66-70,75H,7-65H2,1-6H3,(H,80,81)(H,82,83)/t67?,68-,69+,70+/m0/s1. The Morgan fingerprint density at radius 2 is 0.548 bits per heavy atom. The van der Waals surface area contributed by atoms with Crippen molar-refractivity contribution in [2.24, 2.45) is 11.8 Å². The molecule has 0 fully saturated rings. The maximum Gasteiger partial charge on any atom is 0.472 e. The van der Waals surface area contributed by atoms with Crippen molar-refractivity contribution in [3.8, 4) is 0 Å². The first-order valence-electron chi connectivity index (χ1n) is 38.5. The van der Waals surface area contributed by atoms with E-state index in [-0.39, 0.29) is 25.7 Å². The highest BCUT2D eigenvalue weighted by Crippen LogP contribution is 2.45. The molecule has 3 N–H and O–H groups in total. The maximum absolute atomic E-state index is 13.1. The molecule has 0 spiro atoms. The van der Waals surface area contributed by atoms with Crippen molar-refractivity contribution in [3.63, 3.8) is 0 Å². The molecule has 0 aliphatic carbocycles. The molecule has 0 aromatic carbocycles. The second-order valence-electron chi connectivity index (χ2n) is 27.4. The molecule has 0 amide bonds. The van der Waals surface area contributed by atoms with E-state index in [0.717, 1.165) is 115 Å². The minimum absolute atomic E-state index is 0.106. The van der Waals surface area contributed by atoms with Crippen LogP contribution in [0.25, 0.3) is 0 Å². The molecule has 6 atom stereocenters. The molecule has 93 heavy (non-hydrogen) atoms. The van der Waals surface area contributed by atoms with Crippen LogP contribution in [0.3, 0.4) is 0 Å². The molecule has 0 bridgehead atoms. The van der Waals surface area contributed by atoms with E-state index >= 15 is 0 Å². The summed E-state index contributed by atoms with van der Waals surface area (Å²) in [4.78, 5) is 72.6. The minimum Gasteiger partial charge on any atom is -0.462 e. The van der Waals surface area contributed by atoms with E-state index in [4.69, 9.17) is 37.0 Å². The predicted octanol–water partition coefficient (Wildman–Crippen LogP) is 21.6. The Morgan fingerprint density at radius 1 is 0.312 bits per heavy atom. The summed E-state index contributed by atoms with van der Waals surface area (Å²) in [6.45, 7) is 9.59. The van der Waals surface area contributed by atoms with Gasteiger partial charge in [0.2, 0.25) is 0 Å². The lowest BCUT2D eigenvalue weighted by Crippen LogP contribution is -2.30. The van der Waals surface area contributed by atoms with Gasteiger partial charge >= 0.3 is 39.5 Å². The average molecular weight is 1370 g/mol. The van der Waals surface area contributed by atoms with E-state index in [1.165, 1.54) is 186 Å². The third kappa shape index (κ3) is 67.0. The van der Waals surface area contributed by atoms with Crippen LogP contribution in [0.1, 0.15) is 382 Å². The van der Waals surface area contributed by atoms with Gasteiger partial charge in [0.1, 0.15) is 19.3 Å². The molecular formula is C74H144O17P2. The second-order valence-corrected chi connectivity index (χ2v) is 30.3. The molecule has 0 saturated heterocycles. The number of esters is 4. The number of rotatable bonds is 73. The summed E-state index contributed by atoms with van der Waals surface area (Å²) in [6.07, 6.45) is 52.7. The second kappa shape index (κ2) is 66.0. The van der Waals surface area contributed by atoms with Gasteiger partial charge in [-0.1, -0.05) is 330 Å². The smallest absolute Gasteiger partial charge is 0.462 e. The number of hydrogen-bond acceptors (Lipinski definition) is 15. The number of hydrogen-bond donors (Lipinski definition) is 3. The third-order valence-corrected chi connectivity index (χ3v) is 19.5. The van der Waals surface area contributed by atoms with Gasteiger partial charge in [0, 0.05) is 25.7 Å². The van der Waals surface area contributed by atoms with Crippen LogP contribution in [0.5, 0.6) is 0 Å². The number of aliphatic hydroxyl groups excluding tert-OH is 1. The molecule has 3 unspecified atom stereocenters. The Kier molecular flexibility index (Phi) is 64.6. The first-order chi connectivity index (χ1) is 44.9. The van der Waals surface area contributed by atoms with E-state index in [1.54, 1.807) is 0 Å². The molecule has 0 aromatic rings. The first-order valence-corrected chi connectivity index (χ1v) is 41.5. The molecule has 0 saturated carbocycles. The van der Waals surface area contributed by atoms with Gasteiger partial charge in [0.15, 0.2) is 12.2 Å². The summed E-state index contributed by atoms with van der Waals surface area (Å²) >= 11 is 0. The minimum atomic E-state index is -4.95. The third-order valence-electron chi connectivity index (χ3n) is 17.6. The molecule has 0 aliphatic rings. The quantitative estimate of drug-likeness (QED) is 0.0222. The summed E-state index contributed by atoms with van der Waals surface area (Å²) in [7, 11) is -9.90. The SMILES string of the molecule is CCCCCCCCCCCCCCCCCCC(=O)OC[C@H](COP(=O)(O)OC[C@@H](O)COP(=O)(O)OC[C@@H](COC(=O)CCCCCCCCC)OC(=O)CCCCCCCCCCCCC(C)CC)OC(=O)CCCCCCCCCCCCCCCC(C)C. The Labute approximate surface area is 568 Å². The molecule has 17 nitrogen and oxygen atoms in total. The number of aliphatic hydroxyl groups is 1. The lowest BCUT2D eigenvalue weighted by atomic mass is 9.99. The monoisotopic (exact) mass is 1370 g/mol. The molecule has 0 heterocycles. The van der Waals surface area contributed by atoms with Crippen LogP contribution >= 0.6 is 15.6 Å². The normalized spacial score (nSPS) is 14.3. The van der Waals surface area contributed by atoms with Crippen LogP contribution in [-0.2, 0) is 65.4 Å². The van der Waals surface area contributed by atoms with Crippen molar-refractivity contribution in [2.75, 3.05) is 39.6 Å². The number of phosphoric acid groups is 2. The van der Waals surface area contributed by atoms with Gasteiger partial charge in [-0.15, -0.1) is 0 Å². The van der Waals surface area contributed by atoms with E-state index < -0.39 is 97.5 Å². The van der Waals surface area contributed by atoms with Gasteiger partial charge in [-0.25, -0.2) is 9.13 Å². The summed E-state index contributed by atoms with van der Waals surface area (Å²) in [5, 5.41) is 10.6. The lowest BCUT2D eigenvalue weighted by molar-refractivity contribution is -0.161. The fraction of sp³-hybridized carbons (Fsp3) is 0.946. The fourth-order valence-corrected chi connectivity index (χ4v) is 12.8. The number of unbranched alkanes of at least 4 members (excludes halogenated alkanes) is 42. The van der Waals surface area contributed by atoms with Crippen LogP contribution < -0.4 is 0 Å². The van der Waals surface area contributed by atoms with Gasteiger partial charge in [-0.3, -0.25) is 37.3 Å². The van der Waals surface area contributed by atoms with Crippen molar-refractivity contribution >= 4 is 39.5 Å². The zero-order valence-electron chi connectivity index (χ0n) is 60.6. The van der Waals surface area contributed by atoms with E-state index in [9.17, 15) is 43.2 Å². The summed E-state index contributed by atoms with van der Waals surface area (Å²) < 4.78 is 68.4. The van der Waals surface area contributed by atoms with Crippen LogP contribution in [-0.4, -0.2) is 96.7 Å². The molecule has 0 rings (SSSR count). The Morgan fingerprint density at radius 3 is 0.817 bits per heavy atom. The lowest BCUT2D eigenvalue weighted by Gasteiger charge is -2.21. The van der Waals surface area contributed by atoms with Crippen LogP contribution in [0.15, 0.2) is 0 Å². The Bertz CT molecular complexity index is 1810. The van der Waals surface area contributed by atoms with Gasteiger partial charge < -0.3 is 33.8 Å². The molecule has 19 heteroatoms. The van der Waals surface area contributed by atoms with Gasteiger partial charge in [0.05, 0.1) is 26.4 Å². The van der Waals surface area contributed by atoms with Crippen LogP contribution in [0.4, 0.5) is 0 Å². The van der Waals surface area contributed by atoms with E-state index in [1.807, 2.05) is 0 Å². The number of carbonyl (C=O) groups excluding carboxylic acids is 4. The Balaban J connectivity index is 5.21. The molecule has 0 aromatic heterocycles. The van der Waals surface area contributed by atoms with Crippen molar-refractivity contribution in [2.45, 2.75) is 400 Å².